The number of amides is 3. The van der Waals surface area contributed by atoms with Crippen molar-refractivity contribution in [3.05, 3.63) is 107 Å². The van der Waals surface area contributed by atoms with Crippen LogP contribution in [-0.4, -0.2) is 35.4 Å². The Morgan fingerprint density at radius 2 is 1.16 bits per heavy atom. The lowest BCUT2D eigenvalue weighted by Gasteiger charge is -2.31. The van der Waals surface area contributed by atoms with Gasteiger partial charge in [0.25, 0.3) is 0 Å². The highest BCUT2D eigenvalue weighted by Crippen LogP contribution is 2.27. The molecule has 1 aliphatic rings. The zero-order valence-corrected chi connectivity index (χ0v) is 24.8. The van der Waals surface area contributed by atoms with Crippen molar-refractivity contribution in [3.8, 4) is 0 Å². The van der Waals surface area contributed by atoms with Crippen molar-refractivity contribution >= 4 is 29.4 Å². The summed E-state index contributed by atoms with van der Waals surface area (Å²) in [6.07, 6.45) is 4.76. The zero-order valence-electron chi connectivity index (χ0n) is 24.8. The Morgan fingerprint density at radius 1 is 0.659 bits per heavy atom. The van der Waals surface area contributed by atoms with Crippen molar-refractivity contribution in [3.63, 3.8) is 0 Å². The molecule has 1 fully saturated rings. The summed E-state index contributed by atoms with van der Waals surface area (Å²) < 4.78 is 0. The first-order valence-electron chi connectivity index (χ1n) is 15.0. The summed E-state index contributed by atoms with van der Waals surface area (Å²) >= 11 is 0. The first-order valence-corrected chi connectivity index (χ1v) is 15.0. The fourth-order valence-corrected chi connectivity index (χ4v) is 5.49. The first kappa shape index (κ1) is 31.9. The Morgan fingerprint density at radius 3 is 1.70 bits per heavy atom. The van der Waals surface area contributed by atoms with Crippen LogP contribution in [0.3, 0.4) is 0 Å². The van der Waals surface area contributed by atoms with Crippen LogP contribution < -0.4 is 27.4 Å². The lowest BCUT2D eigenvalue weighted by atomic mass is 9.83. The number of carbonyl (C=O) groups excluding carboxylic acids is 3. The van der Waals surface area contributed by atoms with Gasteiger partial charge in [-0.25, -0.2) is 0 Å². The quantitative estimate of drug-likeness (QED) is 0.0907. The van der Waals surface area contributed by atoms with Gasteiger partial charge in [-0.2, -0.15) is 0 Å². The molecule has 3 aromatic rings. The third-order valence-corrected chi connectivity index (χ3v) is 8.08. The van der Waals surface area contributed by atoms with E-state index in [1.165, 1.54) is 0 Å². The second-order valence-corrected chi connectivity index (χ2v) is 11.3. The van der Waals surface area contributed by atoms with E-state index in [1.807, 2.05) is 30.3 Å². The summed E-state index contributed by atoms with van der Waals surface area (Å²) in [7, 11) is 0. The van der Waals surface area contributed by atoms with Gasteiger partial charge in [0, 0.05) is 24.2 Å². The molecular weight excluding hydrogens is 554 g/mol. The van der Waals surface area contributed by atoms with E-state index in [-0.39, 0.29) is 43.0 Å². The molecule has 2 atom stereocenters. The fraction of sp³-hybridized carbons (Fsp3) is 0.324. The fourth-order valence-electron chi connectivity index (χ4n) is 5.49. The van der Waals surface area contributed by atoms with Gasteiger partial charge in [0.1, 0.15) is 23.6 Å². The number of hydrogen-bond donors (Lipinski definition) is 7. The summed E-state index contributed by atoms with van der Waals surface area (Å²) in [6.45, 7) is 0.515. The van der Waals surface area contributed by atoms with Gasteiger partial charge in [0.05, 0.1) is 0 Å². The Hall–Kier alpha value is -4.99. The first-order chi connectivity index (χ1) is 21.2. The maximum atomic E-state index is 13.9. The molecule has 3 aromatic carbocycles. The molecule has 1 aliphatic carbocycles. The standard InChI is InChI=1S/C34H41N7O3/c35-30(36)26-15-11-22(12-16-26)19-28(32(42)39-20-23-7-3-1-4-8-23)33(43)41-29(25-9-5-2-6-10-25)34(44)40-21-24-13-17-27(18-14-24)31(37)38/h1,3-4,7-8,11-18,25,28-29H,2,5-6,9-10,19-21H2,(H3,35,36)(H3,37,38)(H,39,42)(H,40,44)(H,41,43)/t28-,29+/m1/s1. The Bertz CT molecular complexity index is 1450. The number of benzene rings is 3. The van der Waals surface area contributed by atoms with Gasteiger partial charge in [0.2, 0.25) is 17.7 Å². The molecule has 0 saturated heterocycles. The lowest BCUT2D eigenvalue weighted by molar-refractivity contribution is -0.138. The van der Waals surface area contributed by atoms with E-state index in [2.05, 4.69) is 16.0 Å². The zero-order chi connectivity index (χ0) is 31.5. The van der Waals surface area contributed by atoms with Gasteiger partial charge in [-0.1, -0.05) is 98.1 Å². The lowest BCUT2D eigenvalue weighted by Crippen LogP contribution is -2.54. The van der Waals surface area contributed by atoms with Crippen LogP contribution in [0.5, 0.6) is 0 Å². The van der Waals surface area contributed by atoms with E-state index in [1.54, 1.807) is 48.5 Å². The van der Waals surface area contributed by atoms with Crippen LogP contribution in [0.1, 0.15) is 59.9 Å². The van der Waals surface area contributed by atoms with Crippen molar-refractivity contribution in [2.75, 3.05) is 0 Å². The molecule has 0 aromatic heterocycles. The molecular formula is C34H41N7O3. The van der Waals surface area contributed by atoms with Crippen LogP contribution in [0.2, 0.25) is 0 Å². The van der Waals surface area contributed by atoms with Crippen LogP contribution in [-0.2, 0) is 33.9 Å². The largest absolute Gasteiger partial charge is 0.384 e. The predicted molar refractivity (Wildman–Crippen MR) is 171 cm³/mol. The van der Waals surface area contributed by atoms with Crippen LogP contribution in [0, 0.1) is 22.7 Å². The van der Waals surface area contributed by atoms with Crippen molar-refractivity contribution in [2.45, 2.75) is 57.7 Å². The number of amidine groups is 2. The molecule has 10 heteroatoms. The predicted octanol–water partition coefficient (Wildman–Crippen LogP) is 3.11. The van der Waals surface area contributed by atoms with E-state index in [4.69, 9.17) is 22.3 Å². The molecule has 0 unspecified atom stereocenters. The summed E-state index contributed by atoms with van der Waals surface area (Å²) in [4.78, 5) is 40.9. The second kappa shape index (κ2) is 15.5. The van der Waals surface area contributed by atoms with Gasteiger partial charge in [-0.15, -0.1) is 0 Å². The summed E-state index contributed by atoms with van der Waals surface area (Å²) in [5, 5.41) is 24.0. The minimum atomic E-state index is -1.08. The van der Waals surface area contributed by atoms with E-state index < -0.39 is 23.8 Å². The summed E-state index contributed by atoms with van der Waals surface area (Å²) in [5.74, 6) is -2.47. The van der Waals surface area contributed by atoms with Crippen LogP contribution in [0.25, 0.3) is 0 Å². The van der Waals surface area contributed by atoms with Gasteiger partial charge in [0.15, 0.2) is 0 Å². The van der Waals surface area contributed by atoms with Crippen molar-refractivity contribution in [1.29, 1.82) is 10.8 Å². The Labute approximate surface area is 258 Å². The highest BCUT2D eigenvalue weighted by Gasteiger charge is 2.35. The highest BCUT2D eigenvalue weighted by molar-refractivity contribution is 6.02. The second-order valence-electron chi connectivity index (χ2n) is 11.3. The smallest absolute Gasteiger partial charge is 0.243 e. The van der Waals surface area contributed by atoms with Gasteiger partial charge >= 0.3 is 0 Å². The van der Waals surface area contributed by atoms with Gasteiger partial charge in [-0.3, -0.25) is 25.2 Å². The third kappa shape index (κ3) is 9.00. The van der Waals surface area contributed by atoms with Crippen molar-refractivity contribution in [1.82, 2.24) is 16.0 Å². The molecule has 0 spiro atoms. The average Bonchev–Trinajstić information content (AvgIpc) is 3.05. The number of nitrogens with one attached hydrogen (secondary N) is 5. The average molecular weight is 596 g/mol. The molecule has 3 amide bonds. The van der Waals surface area contributed by atoms with E-state index in [9.17, 15) is 14.4 Å². The SMILES string of the molecule is N=C(N)c1ccc(CNC(=O)[C@@H](NC(=O)[C@H](Cc2ccc(C(=N)N)cc2)C(=O)NCc2ccccc2)C2CCCCC2)cc1. The van der Waals surface area contributed by atoms with Gasteiger partial charge < -0.3 is 27.4 Å². The molecule has 44 heavy (non-hydrogen) atoms. The molecule has 1 saturated carbocycles. The number of nitrogen functional groups attached to an aromatic ring is 2. The number of carbonyl (C=O) groups is 3. The molecule has 0 bridgehead atoms. The highest BCUT2D eigenvalue weighted by atomic mass is 16.2. The minimum Gasteiger partial charge on any atom is -0.384 e. The number of nitrogens with two attached hydrogens (primary N) is 2. The molecule has 0 radical (unpaired) electrons. The van der Waals surface area contributed by atoms with Crippen LogP contribution in [0.15, 0.2) is 78.9 Å². The molecule has 230 valence electrons. The maximum Gasteiger partial charge on any atom is 0.243 e. The maximum absolute atomic E-state index is 13.9. The molecule has 0 heterocycles. The Balaban J connectivity index is 1.51. The number of rotatable bonds is 13. The Kier molecular flexibility index (Phi) is 11.2. The topological polar surface area (TPSA) is 187 Å². The van der Waals surface area contributed by atoms with Crippen LogP contribution >= 0.6 is 0 Å². The molecule has 9 N–H and O–H groups in total. The summed E-state index contributed by atoms with van der Waals surface area (Å²) in [6, 6.07) is 22.6. The third-order valence-electron chi connectivity index (χ3n) is 8.08. The van der Waals surface area contributed by atoms with E-state index in [0.29, 0.717) is 11.1 Å². The van der Waals surface area contributed by atoms with E-state index in [0.717, 1.165) is 48.8 Å². The van der Waals surface area contributed by atoms with Gasteiger partial charge in [-0.05, 0) is 41.9 Å². The molecule has 0 aliphatic heterocycles. The van der Waals surface area contributed by atoms with Crippen LogP contribution in [0.4, 0.5) is 0 Å². The summed E-state index contributed by atoms with van der Waals surface area (Å²) in [5.41, 5.74) is 14.8. The molecule has 10 nitrogen and oxygen atoms in total. The number of hydrogen-bond acceptors (Lipinski definition) is 5. The van der Waals surface area contributed by atoms with E-state index >= 15 is 0 Å². The monoisotopic (exact) mass is 595 g/mol. The molecule has 4 rings (SSSR count). The van der Waals surface area contributed by atoms with Crippen molar-refractivity contribution in [2.24, 2.45) is 23.3 Å². The normalized spacial score (nSPS) is 14.5. The van der Waals surface area contributed by atoms with Crippen molar-refractivity contribution < 1.29 is 14.4 Å². The minimum absolute atomic E-state index is 0.0298.